The van der Waals surface area contributed by atoms with Crippen molar-refractivity contribution in [1.82, 2.24) is 4.98 Å². The molecular formula is C16H18N2OS. The van der Waals surface area contributed by atoms with E-state index in [2.05, 4.69) is 24.1 Å². The summed E-state index contributed by atoms with van der Waals surface area (Å²) in [7, 11) is 0. The first-order chi connectivity index (χ1) is 9.54. The number of hydrogen-bond acceptors (Lipinski definition) is 3. The van der Waals surface area contributed by atoms with Gasteiger partial charge < -0.3 is 0 Å². The van der Waals surface area contributed by atoms with Crippen LogP contribution in [0.1, 0.15) is 36.6 Å². The number of thiazole rings is 1. The smallest absolute Gasteiger partial charge is 0.250 e. The fourth-order valence-corrected chi connectivity index (χ4v) is 2.58. The zero-order valence-electron chi connectivity index (χ0n) is 11.9. The molecule has 0 saturated carbocycles. The Hall–Kier alpha value is -1.94. The van der Waals surface area contributed by atoms with Crippen LogP contribution in [-0.2, 0) is 4.79 Å². The van der Waals surface area contributed by atoms with E-state index < -0.39 is 0 Å². The molecule has 2 aromatic rings. The number of rotatable bonds is 4. The molecule has 1 aromatic carbocycles. The van der Waals surface area contributed by atoms with Gasteiger partial charge in [-0.15, -0.1) is 11.3 Å². The van der Waals surface area contributed by atoms with Gasteiger partial charge in [0.2, 0.25) is 5.91 Å². The number of anilines is 1. The topological polar surface area (TPSA) is 42.0 Å². The molecule has 0 atom stereocenters. The van der Waals surface area contributed by atoms with Gasteiger partial charge >= 0.3 is 0 Å². The van der Waals surface area contributed by atoms with Crippen molar-refractivity contribution in [3.8, 4) is 0 Å². The Labute approximate surface area is 123 Å². The van der Waals surface area contributed by atoms with E-state index >= 15 is 0 Å². The highest BCUT2D eigenvalue weighted by atomic mass is 32.1. The Morgan fingerprint density at radius 1 is 1.40 bits per heavy atom. The minimum atomic E-state index is -0.156. The maximum atomic E-state index is 11.8. The van der Waals surface area contributed by atoms with E-state index in [4.69, 9.17) is 0 Å². The number of amides is 1. The Morgan fingerprint density at radius 3 is 2.85 bits per heavy atom. The van der Waals surface area contributed by atoms with E-state index in [0.29, 0.717) is 11.0 Å². The van der Waals surface area contributed by atoms with Gasteiger partial charge in [-0.25, -0.2) is 4.98 Å². The third-order valence-electron chi connectivity index (χ3n) is 2.81. The van der Waals surface area contributed by atoms with Crippen LogP contribution < -0.4 is 5.32 Å². The predicted molar refractivity (Wildman–Crippen MR) is 85.0 cm³/mol. The number of carbonyl (C=O) groups is 1. The van der Waals surface area contributed by atoms with E-state index in [9.17, 15) is 4.79 Å². The maximum Gasteiger partial charge on any atom is 0.250 e. The highest BCUT2D eigenvalue weighted by molar-refractivity contribution is 7.14. The van der Waals surface area contributed by atoms with Crippen molar-refractivity contribution < 1.29 is 4.79 Å². The van der Waals surface area contributed by atoms with E-state index in [0.717, 1.165) is 11.3 Å². The molecule has 0 aliphatic carbocycles. The SMILES string of the molecule is Cc1cccc(/C=C/C(=O)Nc2nc(C(C)C)cs2)c1. The summed E-state index contributed by atoms with van der Waals surface area (Å²) in [5.74, 6) is 0.218. The molecule has 1 N–H and O–H groups in total. The molecule has 0 bridgehead atoms. The molecule has 2 rings (SSSR count). The van der Waals surface area contributed by atoms with Gasteiger partial charge in [0, 0.05) is 11.5 Å². The first-order valence-electron chi connectivity index (χ1n) is 6.56. The van der Waals surface area contributed by atoms with Crippen molar-refractivity contribution in [3.63, 3.8) is 0 Å². The molecule has 0 radical (unpaired) electrons. The van der Waals surface area contributed by atoms with Crippen LogP contribution in [-0.4, -0.2) is 10.9 Å². The van der Waals surface area contributed by atoms with Crippen molar-refractivity contribution in [1.29, 1.82) is 0 Å². The Kier molecular flexibility index (Phi) is 4.69. The van der Waals surface area contributed by atoms with Crippen LogP contribution in [0.15, 0.2) is 35.7 Å². The van der Waals surface area contributed by atoms with E-state index in [1.54, 1.807) is 6.08 Å². The lowest BCUT2D eigenvalue weighted by Crippen LogP contribution is -2.07. The lowest BCUT2D eigenvalue weighted by atomic mass is 10.1. The number of aryl methyl sites for hydroxylation is 1. The third-order valence-corrected chi connectivity index (χ3v) is 3.59. The summed E-state index contributed by atoms with van der Waals surface area (Å²) in [6.45, 7) is 6.19. The normalized spacial score (nSPS) is 11.2. The van der Waals surface area contributed by atoms with Crippen molar-refractivity contribution in [2.45, 2.75) is 26.7 Å². The molecule has 104 valence electrons. The molecule has 4 heteroatoms. The number of aromatic nitrogens is 1. The van der Waals surface area contributed by atoms with E-state index in [1.807, 2.05) is 36.6 Å². The number of carbonyl (C=O) groups excluding carboxylic acids is 1. The molecule has 1 aromatic heterocycles. The summed E-state index contributed by atoms with van der Waals surface area (Å²) in [6.07, 6.45) is 3.34. The Bertz CT molecular complexity index is 629. The molecule has 1 heterocycles. The minimum absolute atomic E-state index is 0.156. The second-order valence-electron chi connectivity index (χ2n) is 4.97. The quantitative estimate of drug-likeness (QED) is 0.855. The second kappa shape index (κ2) is 6.48. The average molecular weight is 286 g/mol. The standard InChI is InChI=1S/C16H18N2OS/c1-11(2)14-10-20-16(17-14)18-15(19)8-7-13-6-4-5-12(3)9-13/h4-11H,1-3H3,(H,17,18,19)/b8-7+. The van der Waals surface area contributed by atoms with Crippen molar-refractivity contribution >= 4 is 28.5 Å². The molecule has 20 heavy (non-hydrogen) atoms. The van der Waals surface area contributed by atoms with Crippen molar-refractivity contribution in [3.05, 3.63) is 52.5 Å². The molecule has 0 fully saturated rings. The second-order valence-corrected chi connectivity index (χ2v) is 5.83. The molecular weight excluding hydrogens is 268 g/mol. The lowest BCUT2D eigenvalue weighted by Gasteiger charge is -1.99. The largest absolute Gasteiger partial charge is 0.298 e. The van der Waals surface area contributed by atoms with Crippen LogP contribution in [0, 0.1) is 6.92 Å². The summed E-state index contributed by atoms with van der Waals surface area (Å²) >= 11 is 1.45. The van der Waals surface area contributed by atoms with Crippen LogP contribution in [0.4, 0.5) is 5.13 Å². The van der Waals surface area contributed by atoms with Crippen LogP contribution in [0.2, 0.25) is 0 Å². The average Bonchev–Trinajstić information content (AvgIpc) is 2.85. The van der Waals surface area contributed by atoms with E-state index in [1.165, 1.54) is 23.0 Å². The van der Waals surface area contributed by atoms with E-state index in [-0.39, 0.29) is 5.91 Å². The lowest BCUT2D eigenvalue weighted by molar-refractivity contribution is -0.111. The molecule has 0 unspecified atom stereocenters. The fourth-order valence-electron chi connectivity index (χ4n) is 1.70. The van der Waals surface area contributed by atoms with Gasteiger partial charge in [0.1, 0.15) is 0 Å². The third kappa shape index (κ3) is 4.03. The number of nitrogens with one attached hydrogen (secondary N) is 1. The zero-order valence-corrected chi connectivity index (χ0v) is 12.7. The molecule has 0 spiro atoms. The number of benzene rings is 1. The molecule has 0 saturated heterocycles. The number of nitrogens with zero attached hydrogens (tertiary/aromatic N) is 1. The fraction of sp³-hybridized carbons (Fsp3) is 0.250. The van der Waals surface area contributed by atoms with Crippen molar-refractivity contribution in [2.75, 3.05) is 5.32 Å². The Morgan fingerprint density at radius 2 is 2.20 bits per heavy atom. The molecule has 3 nitrogen and oxygen atoms in total. The first kappa shape index (κ1) is 14.5. The predicted octanol–water partition coefficient (Wildman–Crippen LogP) is 4.23. The van der Waals surface area contributed by atoms with Gasteiger partial charge in [0.25, 0.3) is 0 Å². The summed E-state index contributed by atoms with van der Waals surface area (Å²) in [6, 6.07) is 8.00. The highest BCUT2D eigenvalue weighted by Crippen LogP contribution is 2.21. The van der Waals surface area contributed by atoms with Crippen LogP contribution in [0.25, 0.3) is 6.08 Å². The van der Waals surface area contributed by atoms with Gasteiger partial charge in [-0.2, -0.15) is 0 Å². The van der Waals surface area contributed by atoms with Crippen LogP contribution in [0.5, 0.6) is 0 Å². The van der Waals surface area contributed by atoms with Gasteiger partial charge in [0.05, 0.1) is 5.69 Å². The minimum Gasteiger partial charge on any atom is -0.298 e. The summed E-state index contributed by atoms with van der Waals surface area (Å²) < 4.78 is 0. The van der Waals surface area contributed by atoms with Gasteiger partial charge in [0.15, 0.2) is 5.13 Å². The molecule has 1 amide bonds. The van der Waals surface area contributed by atoms with Crippen molar-refractivity contribution in [2.24, 2.45) is 0 Å². The maximum absolute atomic E-state index is 11.8. The first-order valence-corrected chi connectivity index (χ1v) is 7.43. The highest BCUT2D eigenvalue weighted by Gasteiger charge is 2.06. The Balaban J connectivity index is 1.98. The van der Waals surface area contributed by atoms with Crippen LogP contribution >= 0.6 is 11.3 Å². The molecule has 0 aliphatic heterocycles. The monoisotopic (exact) mass is 286 g/mol. The molecule has 0 aliphatic rings. The van der Waals surface area contributed by atoms with Gasteiger partial charge in [-0.3, -0.25) is 10.1 Å². The van der Waals surface area contributed by atoms with Gasteiger partial charge in [-0.1, -0.05) is 43.7 Å². The van der Waals surface area contributed by atoms with Gasteiger partial charge in [-0.05, 0) is 24.5 Å². The summed E-state index contributed by atoms with van der Waals surface area (Å²) in [5, 5.41) is 5.41. The summed E-state index contributed by atoms with van der Waals surface area (Å²) in [4.78, 5) is 16.2. The zero-order chi connectivity index (χ0) is 14.5. The van der Waals surface area contributed by atoms with Crippen LogP contribution in [0.3, 0.4) is 0 Å². The summed E-state index contributed by atoms with van der Waals surface area (Å²) in [5.41, 5.74) is 3.20. The number of hydrogen-bond donors (Lipinski definition) is 1.